The van der Waals surface area contributed by atoms with Crippen LogP contribution in [0.15, 0.2) is 28.7 Å². The molecule has 0 spiro atoms. The van der Waals surface area contributed by atoms with Crippen LogP contribution in [-0.4, -0.2) is 17.0 Å². The summed E-state index contributed by atoms with van der Waals surface area (Å²) in [5, 5.41) is 3.19. The van der Waals surface area contributed by atoms with Gasteiger partial charge >= 0.3 is 0 Å². The lowest BCUT2D eigenvalue weighted by Crippen LogP contribution is -2.07. The van der Waals surface area contributed by atoms with E-state index in [2.05, 4.69) is 61.0 Å². The molecule has 0 amide bonds. The van der Waals surface area contributed by atoms with E-state index < -0.39 is 0 Å². The molecular weight excluding hydrogens is 429 g/mol. The Balaban J connectivity index is 1.94. The average Bonchev–Trinajstić information content (AvgIpc) is 3.25. The quantitative estimate of drug-likeness (QED) is 0.713. The standard InChI is InChI=1S/C15H15BrIN3/c1-18-15-13(17)14(10-5-6-10)19-12(20-15)8-9-3-2-4-11(16)7-9/h2-4,7,10H,5-6,8H2,1H3,(H,18,19,20). The van der Waals surface area contributed by atoms with Gasteiger partial charge in [-0.1, -0.05) is 28.1 Å². The monoisotopic (exact) mass is 443 g/mol. The van der Waals surface area contributed by atoms with E-state index in [9.17, 15) is 0 Å². The second-order valence-corrected chi connectivity index (χ2v) is 7.01. The molecule has 2 aromatic rings. The molecule has 1 aromatic carbocycles. The third-order valence-electron chi connectivity index (χ3n) is 3.38. The molecule has 0 aliphatic heterocycles. The van der Waals surface area contributed by atoms with Crippen LogP contribution in [0.5, 0.6) is 0 Å². The number of hydrogen-bond donors (Lipinski definition) is 1. The van der Waals surface area contributed by atoms with Crippen LogP contribution in [0.2, 0.25) is 0 Å². The summed E-state index contributed by atoms with van der Waals surface area (Å²) in [4.78, 5) is 9.44. The number of rotatable bonds is 4. The first kappa shape index (κ1) is 14.3. The smallest absolute Gasteiger partial charge is 0.143 e. The van der Waals surface area contributed by atoms with E-state index in [4.69, 9.17) is 4.98 Å². The van der Waals surface area contributed by atoms with E-state index >= 15 is 0 Å². The molecule has 0 unspecified atom stereocenters. The van der Waals surface area contributed by atoms with Crippen LogP contribution in [-0.2, 0) is 6.42 Å². The third kappa shape index (κ3) is 3.14. The van der Waals surface area contributed by atoms with Gasteiger partial charge < -0.3 is 5.32 Å². The normalized spacial score (nSPS) is 14.3. The molecule has 0 radical (unpaired) electrons. The van der Waals surface area contributed by atoms with E-state index in [0.717, 1.165) is 22.5 Å². The maximum atomic E-state index is 4.79. The van der Waals surface area contributed by atoms with Crippen molar-refractivity contribution in [3.05, 3.63) is 49.4 Å². The first-order valence-electron chi connectivity index (χ1n) is 6.66. The zero-order valence-electron chi connectivity index (χ0n) is 11.2. The Labute approximate surface area is 140 Å². The summed E-state index contributed by atoms with van der Waals surface area (Å²) in [7, 11) is 1.92. The van der Waals surface area contributed by atoms with E-state index in [1.165, 1.54) is 27.7 Å². The molecule has 5 heteroatoms. The highest BCUT2D eigenvalue weighted by Gasteiger charge is 2.29. The molecule has 1 heterocycles. The Hall–Kier alpha value is -0.690. The number of halogens is 2. The second-order valence-electron chi connectivity index (χ2n) is 5.02. The molecule has 1 N–H and O–H groups in total. The maximum absolute atomic E-state index is 4.79. The molecule has 3 nitrogen and oxygen atoms in total. The first-order valence-corrected chi connectivity index (χ1v) is 8.53. The molecule has 20 heavy (non-hydrogen) atoms. The fourth-order valence-electron chi connectivity index (χ4n) is 2.21. The summed E-state index contributed by atoms with van der Waals surface area (Å²) < 4.78 is 2.27. The number of nitrogens with zero attached hydrogens (tertiary/aromatic N) is 2. The largest absolute Gasteiger partial charge is 0.372 e. The van der Waals surface area contributed by atoms with E-state index in [1.807, 2.05) is 19.2 Å². The van der Waals surface area contributed by atoms with E-state index in [-0.39, 0.29) is 0 Å². The van der Waals surface area contributed by atoms with Crippen LogP contribution >= 0.6 is 38.5 Å². The Morgan fingerprint density at radius 2 is 2.15 bits per heavy atom. The molecule has 0 saturated heterocycles. The Kier molecular flexibility index (Phi) is 4.26. The number of nitrogens with one attached hydrogen (secondary N) is 1. The number of aromatic nitrogens is 2. The van der Waals surface area contributed by atoms with Crippen molar-refractivity contribution < 1.29 is 0 Å². The second kappa shape index (κ2) is 5.97. The van der Waals surface area contributed by atoms with Crippen LogP contribution < -0.4 is 5.32 Å². The van der Waals surface area contributed by atoms with Gasteiger partial charge in [0.25, 0.3) is 0 Å². The topological polar surface area (TPSA) is 37.8 Å². The molecule has 1 fully saturated rings. The van der Waals surface area contributed by atoms with Gasteiger partial charge in [0, 0.05) is 23.9 Å². The highest BCUT2D eigenvalue weighted by molar-refractivity contribution is 14.1. The third-order valence-corrected chi connectivity index (χ3v) is 4.93. The van der Waals surface area contributed by atoms with Crippen molar-refractivity contribution >= 4 is 44.3 Å². The van der Waals surface area contributed by atoms with E-state index in [0.29, 0.717) is 5.92 Å². The fraction of sp³-hybridized carbons (Fsp3) is 0.333. The molecule has 1 aliphatic rings. The van der Waals surface area contributed by atoms with Gasteiger partial charge in [0.1, 0.15) is 11.6 Å². The Morgan fingerprint density at radius 1 is 1.35 bits per heavy atom. The molecule has 1 saturated carbocycles. The van der Waals surface area contributed by atoms with Crippen LogP contribution in [0.3, 0.4) is 0 Å². The number of hydrogen-bond acceptors (Lipinski definition) is 3. The van der Waals surface area contributed by atoms with Crippen LogP contribution in [0, 0.1) is 3.57 Å². The lowest BCUT2D eigenvalue weighted by atomic mass is 10.1. The van der Waals surface area contributed by atoms with Gasteiger partial charge in [-0.2, -0.15) is 0 Å². The zero-order valence-corrected chi connectivity index (χ0v) is 14.9. The van der Waals surface area contributed by atoms with Crippen LogP contribution in [0.25, 0.3) is 0 Å². The summed E-state index contributed by atoms with van der Waals surface area (Å²) in [6.45, 7) is 0. The Morgan fingerprint density at radius 3 is 2.80 bits per heavy atom. The van der Waals surface area contributed by atoms with Crippen molar-refractivity contribution in [2.75, 3.05) is 12.4 Å². The molecule has 104 valence electrons. The van der Waals surface area contributed by atoms with E-state index in [1.54, 1.807) is 0 Å². The Bertz CT molecular complexity index is 641. The molecule has 0 atom stereocenters. The van der Waals surface area contributed by atoms with Crippen molar-refractivity contribution in [2.45, 2.75) is 25.2 Å². The van der Waals surface area contributed by atoms with Gasteiger partial charge in [0.05, 0.1) is 9.26 Å². The zero-order chi connectivity index (χ0) is 14.1. The van der Waals surface area contributed by atoms with Crippen molar-refractivity contribution in [1.29, 1.82) is 0 Å². The lowest BCUT2D eigenvalue weighted by molar-refractivity contribution is 0.891. The fourth-order valence-corrected chi connectivity index (χ4v) is 3.61. The lowest BCUT2D eigenvalue weighted by Gasteiger charge is -2.11. The molecule has 3 rings (SSSR count). The van der Waals surface area contributed by atoms with Gasteiger partial charge in [-0.3, -0.25) is 0 Å². The SMILES string of the molecule is CNc1nc(Cc2cccc(Br)c2)nc(C2CC2)c1I. The minimum Gasteiger partial charge on any atom is -0.372 e. The highest BCUT2D eigenvalue weighted by atomic mass is 127. The van der Waals surface area contributed by atoms with Crippen LogP contribution in [0.4, 0.5) is 5.82 Å². The molecular formula is C15H15BrIN3. The first-order chi connectivity index (χ1) is 9.67. The highest BCUT2D eigenvalue weighted by Crippen LogP contribution is 2.42. The summed E-state index contributed by atoms with van der Waals surface area (Å²) in [5.74, 6) is 2.49. The average molecular weight is 444 g/mol. The molecule has 1 aliphatic carbocycles. The number of anilines is 1. The van der Waals surface area contributed by atoms with Gasteiger partial charge in [-0.05, 0) is 53.1 Å². The van der Waals surface area contributed by atoms with Crippen molar-refractivity contribution in [2.24, 2.45) is 0 Å². The minimum absolute atomic E-state index is 0.637. The van der Waals surface area contributed by atoms with Crippen LogP contribution in [0.1, 0.15) is 35.8 Å². The molecule has 1 aromatic heterocycles. The van der Waals surface area contributed by atoms with Gasteiger partial charge in [-0.15, -0.1) is 0 Å². The summed E-state index contributed by atoms with van der Waals surface area (Å²) in [5.41, 5.74) is 2.44. The minimum atomic E-state index is 0.637. The maximum Gasteiger partial charge on any atom is 0.143 e. The summed E-state index contributed by atoms with van der Waals surface area (Å²) in [6.07, 6.45) is 3.28. The van der Waals surface area contributed by atoms with Gasteiger partial charge in [0.2, 0.25) is 0 Å². The predicted octanol–water partition coefficient (Wildman–Crippen LogP) is 4.35. The number of benzene rings is 1. The molecule has 0 bridgehead atoms. The van der Waals surface area contributed by atoms with Gasteiger partial charge in [-0.25, -0.2) is 9.97 Å². The van der Waals surface area contributed by atoms with Crippen molar-refractivity contribution in [3.8, 4) is 0 Å². The predicted molar refractivity (Wildman–Crippen MR) is 93.2 cm³/mol. The summed E-state index contributed by atoms with van der Waals surface area (Å²) in [6, 6.07) is 8.32. The van der Waals surface area contributed by atoms with Gasteiger partial charge in [0.15, 0.2) is 0 Å². The summed E-state index contributed by atoms with van der Waals surface area (Å²) >= 11 is 5.86. The van der Waals surface area contributed by atoms with Crippen molar-refractivity contribution in [3.63, 3.8) is 0 Å². The van der Waals surface area contributed by atoms with Crippen molar-refractivity contribution in [1.82, 2.24) is 9.97 Å².